The van der Waals surface area contributed by atoms with E-state index in [4.69, 9.17) is 4.74 Å². The van der Waals surface area contributed by atoms with Crippen LogP contribution in [0.1, 0.15) is 58.8 Å². The fourth-order valence-corrected chi connectivity index (χ4v) is 3.68. The van der Waals surface area contributed by atoms with E-state index in [1.54, 1.807) is 0 Å². The van der Waals surface area contributed by atoms with Gasteiger partial charge in [0.25, 0.3) is 0 Å². The molecule has 2 fully saturated rings. The first kappa shape index (κ1) is 15.3. The van der Waals surface area contributed by atoms with E-state index in [9.17, 15) is 0 Å². The molecule has 1 saturated carbocycles. The van der Waals surface area contributed by atoms with Crippen molar-refractivity contribution in [2.75, 3.05) is 19.7 Å². The van der Waals surface area contributed by atoms with Crippen LogP contribution in [-0.4, -0.2) is 37.9 Å². The molecule has 0 aromatic rings. The molecule has 19 heavy (non-hydrogen) atoms. The van der Waals surface area contributed by atoms with Crippen molar-refractivity contribution < 1.29 is 4.74 Å². The van der Waals surface area contributed by atoms with Gasteiger partial charge in [0.2, 0.25) is 0 Å². The van der Waals surface area contributed by atoms with Gasteiger partial charge in [0.15, 0.2) is 0 Å². The zero-order valence-corrected chi connectivity index (χ0v) is 12.8. The van der Waals surface area contributed by atoms with Crippen molar-refractivity contribution >= 4 is 0 Å². The van der Waals surface area contributed by atoms with Crippen molar-refractivity contribution in [1.82, 2.24) is 10.6 Å². The molecule has 1 aliphatic heterocycles. The van der Waals surface area contributed by atoms with Gasteiger partial charge in [-0.25, -0.2) is 0 Å². The lowest BCUT2D eigenvalue weighted by molar-refractivity contribution is 0.0746. The first-order valence-corrected chi connectivity index (χ1v) is 8.35. The Kier molecular flexibility index (Phi) is 6.62. The van der Waals surface area contributed by atoms with Crippen molar-refractivity contribution in [2.24, 2.45) is 5.92 Å². The Labute approximate surface area is 118 Å². The molecule has 1 aliphatic carbocycles. The zero-order valence-electron chi connectivity index (χ0n) is 12.8. The zero-order chi connectivity index (χ0) is 13.5. The lowest BCUT2D eigenvalue weighted by atomic mass is 9.77. The van der Waals surface area contributed by atoms with Gasteiger partial charge in [-0.05, 0) is 52.0 Å². The number of nitrogens with one attached hydrogen (secondary N) is 2. The predicted octanol–water partition coefficient (Wildman–Crippen LogP) is 2.70. The summed E-state index contributed by atoms with van der Waals surface area (Å²) in [7, 11) is 0. The number of hydrogen-bond donors (Lipinski definition) is 2. The Bertz CT molecular complexity index is 239. The summed E-state index contributed by atoms with van der Waals surface area (Å²) in [6.45, 7) is 7.29. The summed E-state index contributed by atoms with van der Waals surface area (Å²) in [4.78, 5) is 0. The van der Waals surface area contributed by atoms with E-state index in [0.717, 1.165) is 25.1 Å². The lowest BCUT2D eigenvalue weighted by Gasteiger charge is -2.40. The first-order chi connectivity index (χ1) is 9.27. The molecule has 1 heterocycles. The molecule has 0 amide bonds. The minimum Gasteiger partial charge on any atom is -0.377 e. The van der Waals surface area contributed by atoms with Gasteiger partial charge in [0.05, 0.1) is 12.7 Å². The Morgan fingerprint density at radius 1 is 1.11 bits per heavy atom. The number of rotatable bonds is 6. The van der Waals surface area contributed by atoms with Crippen LogP contribution in [0.4, 0.5) is 0 Å². The molecule has 0 radical (unpaired) electrons. The van der Waals surface area contributed by atoms with Crippen LogP contribution in [-0.2, 0) is 4.74 Å². The van der Waals surface area contributed by atoms with Crippen LogP contribution in [0.2, 0.25) is 0 Å². The Morgan fingerprint density at radius 3 is 2.63 bits per heavy atom. The molecule has 0 spiro atoms. The SMILES string of the molecule is CC(C)OCCNC1CCCCC1C1CCCCN1. The second-order valence-electron chi connectivity index (χ2n) is 6.48. The van der Waals surface area contributed by atoms with Crippen molar-refractivity contribution in [2.45, 2.75) is 77.0 Å². The van der Waals surface area contributed by atoms with E-state index in [2.05, 4.69) is 24.5 Å². The molecule has 3 heteroatoms. The van der Waals surface area contributed by atoms with Gasteiger partial charge in [-0.2, -0.15) is 0 Å². The summed E-state index contributed by atoms with van der Waals surface area (Å²) in [5, 5.41) is 7.52. The maximum absolute atomic E-state index is 5.64. The normalized spacial score (nSPS) is 32.7. The largest absolute Gasteiger partial charge is 0.377 e. The second kappa shape index (κ2) is 8.23. The standard InChI is InChI=1S/C16H32N2O/c1-13(2)19-12-11-18-16-8-4-3-7-14(16)15-9-5-6-10-17-15/h13-18H,3-12H2,1-2H3. The third-order valence-electron chi connectivity index (χ3n) is 4.64. The summed E-state index contributed by atoms with van der Waals surface area (Å²) in [5.41, 5.74) is 0. The van der Waals surface area contributed by atoms with E-state index in [1.165, 1.54) is 51.5 Å². The van der Waals surface area contributed by atoms with Gasteiger partial charge >= 0.3 is 0 Å². The highest BCUT2D eigenvalue weighted by Crippen LogP contribution is 2.30. The summed E-state index contributed by atoms with van der Waals surface area (Å²) in [5.74, 6) is 0.841. The van der Waals surface area contributed by atoms with Crippen LogP contribution in [0.3, 0.4) is 0 Å². The Hall–Kier alpha value is -0.120. The molecule has 0 aromatic carbocycles. The third kappa shape index (κ3) is 5.05. The van der Waals surface area contributed by atoms with Gasteiger partial charge < -0.3 is 15.4 Å². The van der Waals surface area contributed by atoms with E-state index in [-0.39, 0.29) is 0 Å². The third-order valence-corrected chi connectivity index (χ3v) is 4.64. The quantitative estimate of drug-likeness (QED) is 0.727. The van der Waals surface area contributed by atoms with E-state index in [1.807, 2.05) is 0 Å². The van der Waals surface area contributed by atoms with Gasteiger partial charge in [0, 0.05) is 18.6 Å². The smallest absolute Gasteiger partial charge is 0.0594 e. The number of piperidine rings is 1. The van der Waals surface area contributed by atoms with E-state index >= 15 is 0 Å². The van der Waals surface area contributed by atoms with E-state index < -0.39 is 0 Å². The molecule has 3 nitrogen and oxygen atoms in total. The van der Waals surface area contributed by atoms with E-state index in [0.29, 0.717) is 12.1 Å². The van der Waals surface area contributed by atoms with Gasteiger partial charge in [-0.15, -0.1) is 0 Å². The second-order valence-corrected chi connectivity index (χ2v) is 6.48. The van der Waals surface area contributed by atoms with Crippen molar-refractivity contribution in [3.8, 4) is 0 Å². The average Bonchev–Trinajstić information content (AvgIpc) is 2.45. The first-order valence-electron chi connectivity index (χ1n) is 8.35. The fraction of sp³-hybridized carbons (Fsp3) is 1.00. The molecular formula is C16H32N2O. The Balaban J connectivity index is 1.75. The topological polar surface area (TPSA) is 33.3 Å². The molecule has 3 atom stereocenters. The van der Waals surface area contributed by atoms with Gasteiger partial charge in [0.1, 0.15) is 0 Å². The maximum atomic E-state index is 5.64. The van der Waals surface area contributed by atoms with Crippen LogP contribution in [0.15, 0.2) is 0 Å². The van der Waals surface area contributed by atoms with Crippen LogP contribution in [0.25, 0.3) is 0 Å². The average molecular weight is 268 g/mol. The number of hydrogen-bond acceptors (Lipinski definition) is 3. The molecule has 0 aromatic heterocycles. The summed E-state index contributed by atoms with van der Waals surface area (Å²) < 4.78 is 5.64. The Morgan fingerprint density at radius 2 is 1.89 bits per heavy atom. The van der Waals surface area contributed by atoms with Gasteiger partial charge in [-0.3, -0.25) is 0 Å². The molecule has 1 saturated heterocycles. The van der Waals surface area contributed by atoms with Crippen LogP contribution >= 0.6 is 0 Å². The summed E-state index contributed by atoms with van der Waals surface area (Å²) in [6.07, 6.45) is 10.1. The fourth-order valence-electron chi connectivity index (χ4n) is 3.68. The maximum Gasteiger partial charge on any atom is 0.0594 e. The summed E-state index contributed by atoms with van der Waals surface area (Å²) >= 11 is 0. The molecular weight excluding hydrogens is 236 g/mol. The highest BCUT2D eigenvalue weighted by atomic mass is 16.5. The van der Waals surface area contributed by atoms with Crippen LogP contribution in [0.5, 0.6) is 0 Å². The minimum atomic E-state index is 0.351. The highest BCUT2D eigenvalue weighted by Gasteiger charge is 2.31. The molecule has 2 aliphatic rings. The van der Waals surface area contributed by atoms with Crippen molar-refractivity contribution in [3.63, 3.8) is 0 Å². The molecule has 2 rings (SSSR count). The summed E-state index contributed by atoms with van der Waals surface area (Å²) in [6, 6.07) is 1.47. The van der Waals surface area contributed by atoms with Crippen LogP contribution < -0.4 is 10.6 Å². The van der Waals surface area contributed by atoms with Crippen molar-refractivity contribution in [3.05, 3.63) is 0 Å². The molecule has 3 unspecified atom stereocenters. The lowest BCUT2D eigenvalue weighted by Crippen LogP contribution is -2.51. The molecule has 2 N–H and O–H groups in total. The molecule has 112 valence electrons. The number of ether oxygens (including phenoxy) is 1. The van der Waals surface area contributed by atoms with Gasteiger partial charge in [-0.1, -0.05) is 19.3 Å². The molecule has 0 bridgehead atoms. The van der Waals surface area contributed by atoms with Crippen LogP contribution in [0, 0.1) is 5.92 Å². The predicted molar refractivity (Wildman–Crippen MR) is 80.5 cm³/mol. The monoisotopic (exact) mass is 268 g/mol. The van der Waals surface area contributed by atoms with Crippen molar-refractivity contribution in [1.29, 1.82) is 0 Å². The minimum absolute atomic E-state index is 0.351. The highest BCUT2D eigenvalue weighted by molar-refractivity contribution is 4.90.